The van der Waals surface area contributed by atoms with Gasteiger partial charge in [0, 0.05) is 0 Å². The fourth-order valence-corrected chi connectivity index (χ4v) is 1.50. The first-order valence-corrected chi connectivity index (χ1v) is 3.96. The van der Waals surface area contributed by atoms with Gasteiger partial charge in [-0.2, -0.15) is 13.2 Å². The maximum atomic E-state index is 12.2. The van der Waals surface area contributed by atoms with Crippen LogP contribution in [0, 0.1) is 5.92 Å². The van der Waals surface area contributed by atoms with Crippen LogP contribution >= 0.6 is 0 Å². The molecule has 1 fully saturated rings. The molecule has 0 aromatic carbocycles. The summed E-state index contributed by atoms with van der Waals surface area (Å²) in [5.41, 5.74) is 0. The van der Waals surface area contributed by atoms with Crippen LogP contribution in [0.2, 0.25) is 0 Å². The van der Waals surface area contributed by atoms with Crippen molar-refractivity contribution in [3.05, 3.63) is 0 Å². The van der Waals surface area contributed by atoms with Crippen molar-refractivity contribution in [1.82, 2.24) is 5.32 Å². The lowest BCUT2D eigenvalue weighted by Crippen LogP contribution is -2.51. The first-order chi connectivity index (χ1) is 5.93. The zero-order valence-electron chi connectivity index (χ0n) is 6.77. The van der Waals surface area contributed by atoms with Crippen LogP contribution in [0.15, 0.2) is 0 Å². The van der Waals surface area contributed by atoms with E-state index < -0.39 is 24.1 Å². The number of rotatable bonds is 1. The Kier molecular flexibility index (Phi) is 2.80. The predicted molar refractivity (Wildman–Crippen MR) is 38.2 cm³/mol. The maximum absolute atomic E-state index is 12.2. The van der Waals surface area contributed by atoms with Gasteiger partial charge >= 0.3 is 12.1 Å². The summed E-state index contributed by atoms with van der Waals surface area (Å²) >= 11 is 0. The number of piperidine rings is 1. The highest BCUT2D eigenvalue weighted by molar-refractivity contribution is 5.74. The molecule has 0 radical (unpaired) electrons. The van der Waals surface area contributed by atoms with Crippen molar-refractivity contribution >= 4 is 5.97 Å². The molecule has 1 heterocycles. The third kappa shape index (κ3) is 2.33. The van der Waals surface area contributed by atoms with E-state index in [2.05, 4.69) is 5.32 Å². The quantitative estimate of drug-likeness (QED) is 0.659. The highest BCUT2D eigenvalue weighted by Gasteiger charge is 2.48. The first kappa shape index (κ1) is 10.3. The Hall–Kier alpha value is -0.780. The number of hydrogen-bond donors (Lipinski definition) is 2. The Labute approximate surface area is 72.9 Å². The number of alkyl halides is 3. The van der Waals surface area contributed by atoms with Gasteiger partial charge in [-0.1, -0.05) is 0 Å². The molecule has 1 rings (SSSR count). The monoisotopic (exact) mass is 197 g/mol. The molecule has 13 heavy (non-hydrogen) atoms. The molecule has 1 saturated heterocycles. The van der Waals surface area contributed by atoms with Crippen LogP contribution in [0.4, 0.5) is 13.2 Å². The minimum atomic E-state index is -4.42. The normalized spacial score (nSPS) is 30.1. The van der Waals surface area contributed by atoms with E-state index in [9.17, 15) is 18.0 Å². The van der Waals surface area contributed by atoms with Crippen molar-refractivity contribution in [1.29, 1.82) is 0 Å². The van der Waals surface area contributed by atoms with E-state index in [-0.39, 0.29) is 6.42 Å². The molecule has 1 aliphatic rings. The summed E-state index contributed by atoms with van der Waals surface area (Å²) in [5, 5.41) is 10.9. The summed E-state index contributed by atoms with van der Waals surface area (Å²) < 4.78 is 36.7. The van der Waals surface area contributed by atoms with Gasteiger partial charge in [0.25, 0.3) is 0 Å². The van der Waals surface area contributed by atoms with E-state index in [1.807, 2.05) is 0 Å². The summed E-state index contributed by atoms with van der Waals surface area (Å²) in [7, 11) is 0. The van der Waals surface area contributed by atoms with Gasteiger partial charge in [0.1, 0.15) is 6.04 Å². The SMILES string of the molecule is O=C(O)C1NCCCC1C(F)(F)F. The molecule has 2 N–H and O–H groups in total. The third-order valence-corrected chi connectivity index (χ3v) is 2.15. The molecule has 0 aliphatic carbocycles. The zero-order chi connectivity index (χ0) is 10.1. The number of carbonyl (C=O) groups is 1. The first-order valence-electron chi connectivity index (χ1n) is 3.96. The van der Waals surface area contributed by atoms with E-state index in [4.69, 9.17) is 5.11 Å². The Morgan fingerprint density at radius 3 is 2.46 bits per heavy atom. The Bertz CT molecular complexity index is 204. The molecule has 0 aromatic heterocycles. The fraction of sp³-hybridized carbons (Fsp3) is 0.857. The van der Waals surface area contributed by atoms with E-state index in [0.717, 1.165) is 0 Å². The van der Waals surface area contributed by atoms with Crippen molar-refractivity contribution in [3.63, 3.8) is 0 Å². The Morgan fingerprint density at radius 2 is 2.08 bits per heavy atom. The number of carboxylic acid groups (broad SMARTS) is 1. The molecule has 2 atom stereocenters. The summed E-state index contributed by atoms with van der Waals surface area (Å²) in [5.74, 6) is -3.18. The van der Waals surface area contributed by atoms with E-state index in [0.29, 0.717) is 13.0 Å². The molecule has 0 saturated carbocycles. The Morgan fingerprint density at radius 1 is 1.46 bits per heavy atom. The lowest BCUT2D eigenvalue weighted by Gasteiger charge is -2.30. The number of aliphatic carboxylic acids is 1. The van der Waals surface area contributed by atoms with Crippen molar-refractivity contribution in [3.8, 4) is 0 Å². The second-order valence-electron chi connectivity index (χ2n) is 3.06. The smallest absolute Gasteiger partial charge is 0.393 e. The molecule has 0 amide bonds. The average Bonchev–Trinajstić information content (AvgIpc) is 2.03. The van der Waals surface area contributed by atoms with E-state index >= 15 is 0 Å². The minimum Gasteiger partial charge on any atom is -0.480 e. The van der Waals surface area contributed by atoms with Gasteiger partial charge in [0.15, 0.2) is 0 Å². The van der Waals surface area contributed by atoms with Crippen LogP contribution in [0.5, 0.6) is 0 Å². The molecule has 76 valence electrons. The van der Waals surface area contributed by atoms with Gasteiger partial charge in [0.05, 0.1) is 5.92 Å². The fourth-order valence-electron chi connectivity index (χ4n) is 1.50. The molecule has 6 heteroatoms. The number of hydrogen-bond acceptors (Lipinski definition) is 2. The summed E-state index contributed by atoms with van der Waals surface area (Å²) in [6, 6.07) is -1.48. The molecular weight excluding hydrogens is 187 g/mol. The van der Waals surface area contributed by atoms with Gasteiger partial charge in [-0.05, 0) is 19.4 Å². The van der Waals surface area contributed by atoms with Gasteiger partial charge < -0.3 is 10.4 Å². The standard InChI is InChI=1S/C7H10F3NO2/c8-7(9,10)4-2-1-3-11-5(4)6(12)13/h4-5,11H,1-3H2,(H,12,13). The minimum absolute atomic E-state index is 0.104. The average molecular weight is 197 g/mol. The van der Waals surface area contributed by atoms with Crippen molar-refractivity contribution in [2.24, 2.45) is 5.92 Å². The van der Waals surface area contributed by atoms with Crippen LogP contribution in [0.1, 0.15) is 12.8 Å². The molecule has 2 unspecified atom stereocenters. The molecule has 0 bridgehead atoms. The molecular formula is C7H10F3NO2. The van der Waals surface area contributed by atoms with E-state index in [1.165, 1.54) is 0 Å². The second kappa shape index (κ2) is 3.53. The zero-order valence-corrected chi connectivity index (χ0v) is 6.77. The van der Waals surface area contributed by atoms with Crippen molar-refractivity contribution in [2.45, 2.75) is 25.1 Å². The van der Waals surface area contributed by atoms with Gasteiger partial charge in [-0.25, -0.2) is 0 Å². The summed E-state index contributed by atoms with van der Waals surface area (Å²) in [6.45, 7) is 0.337. The van der Waals surface area contributed by atoms with Gasteiger partial charge in [-0.15, -0.1) is 0 Å². The highest BCUT2D eigenvalue weighted by Crippen LogP contribution is 2.34. The second-order valence-corrected chi connectivity index (χ2v) is 3.06. The largest absolute Gasteiger partial charge is 0.480 e. The van der Waals surface area contributed by atoms with Gasteiger partial charge in [0.2, 0.25) is 0 Å². The van der Waals surface area contributed by atoms with Crippen molar-refractivity contribution in [2.75, 3.05) is 6.54 Å². The molecule has 3 nitrogen and oxygen atoms in total. The van der Waals surface area contributed by atoms with Crippen molar-refractivity contribution < 1.29 is 23.1 Å². The molecule has 0 spiro atoms. The summed E-state index contributed by atoms with van der Waals surface area (Å²) in [4.78, 5) is 10.4. The lowest BCUT2D eigenvalue weighted by atomic mass is 9.90. The van der Waals surface area contributed by atoms with Crippen LogP contribution in [-0.4, -0.2) is 29.8 Å². The van der Waals surface area contributed by atoms with Gasteiger partial charge in [-0.3, -0.25) is 4.79 Å². The lowest BCUT2D eigenvalue weighted by molar-refractivity contribution is -0.194. The van der Waals surface area contributed by atoms with E-state index in [1.54, 1.807) is 0 Å². The highest BCUT2D eigenvalue weighted by atomic mass is 19.4. The maximum Gasteiger partial charge on any atom is 0.393 e. The molecule has 0 aromatic rings. The topological polar surface area (TPSA) is 49.3 Å². The number of nitrogens with one attached hydrogen (secondary N) is 1. The van der Waals surface area contributed by atoms with Crippen LogP contribution in [0.25, 0.3) is 0 Å². The number of halogens is 3. The van der Waals surface area contributed by atoms with Crippen LogP contribution < -0.4 is 5.32 Å². The molecule has 1 aliphatic heterocycles. The van der Waals surface area contributed by atoms with Crippen LogP contribution in [-0.2, 0) is 4.79 Å². The number of carboxylic acids is 1. The van der Waals surface area contributed by atoms with Crippen LogP contribution in [0.3, 0.4) is 0 Å². The predicted octanol–water partition coefficient (Wildman–Crippen LogP) is 1.00. The third-order valence-electron chi connectivity index (χ3n) is 2.15. The Balaban J connectivity index is 2.73. The summed E-state index contributed by atoms with van der Waals surface area (Å²) in [6.07, 6.45) is -4.15.